The van der Waals surface area contributed by atoms with E-state index in [0.717, 1.165) is 5.56 Å². The van der Waals surface area contributed by atoms with Crippen LogP contribution in [0.15, 0.2) is 18.2 Å². The van der Waals surface area contributed by atoms with Crippen molar-refractivity contribution in [3.63, 3.8) is 0 Å². The number of nitrogens with one attached hydrogen (secondary N) is 1. The van der Waals surface area contributed by atoms with Crippen molar-refractivity contribution in [3.05, 3.63) is 29.3 Å². The fraction of sp³-hybridized carbons (Fsp3) is 0.273. The summed E-state index contributed by atoms with van der Waals surface area (Å²) in [6.07, 6.45) is 0. The lowest BCUT2D eigenvalue weighted by atomic mass is 10.1. The van der Waals surface area contributed by atoms with Crippen LogP contribution in [0.3, 0.4) is 0 Å². The lowest BCUT2D eigenvalue weighted by Gasteiger charge is -2.08. The molecule has 0 spiro atoms. The van der Waals surface area contributed by atoms with Crippen LogP contribution in [-0.4, -0.2) is 17.1 Å². The molecule has 0 fully saturated rings. The molecule has 0 aliphatic carbocycles. The van der Waals surface area contributed by atoms with Gasteiger partial charge in [-0.3, -0.25) is 4.79 Å². The quantitative estimate of drug-likeness (QED) is 0.763. The van der Waals surface area contributed by atoms with Crippen LogP contribution < -0.4 is 5.32 Å². The zero-order valence-electron chi connectivity index (χ0n) is 8.61. The lowest BCUT2D eigenvalue weighted by Crippen LogP contribution is -2.31. The van der Waals surface area contributed by atoms with Crippen LogP contribution in [0.5, 0.6) is 5.75 Å². The first-order valence-corrected chi connectivity index (χ1v) is 4.54. The van der Waals surface area contributed by atoms with Gasteiger partial charge in [0.15, 0.2) is 0 Å². The summed E-state index contributed by atoms with van der Waals surface area (Å²) in [5.74, 6) is -0.520. The van der Waals surface area contributed by atoms with Crippen LogP contribution in [0.25, 0.3) is 0 Å². The van der Waals surface area contributed by atoms with Gasteiger partial charge in [-0.25, -0.2) is 0 Å². The summed E-state index contributed by atoms with van der Waals surface area (Å²) in [7, 11) is 0. The number of nitriles is 1. The monoisotopic (exact) mass is 204 g/mol. The molecule has 0 aliphatic heterocycles. The molecule has 0 aromatic heterocycles. The second-order valence-electron chi connectivity index (χ2n) is 3.34. The number of aromatic hydroxyl groups is 1. The minimum atomic E-state index is -0.572. The topological polar surface area (TPSA) is 73.1 Å². The average molecular weight is 204 g/mol. The summed E-state index contributed by atoms with van der Waals surface area (Å²) in [6, 6.07) is 6.06. The molecule has 4 heteroatoms. The Kier molecular flexibility index (Phi) is 3.29. The Labute approximate surface area is 88.2 Å². The van der Waals surface area contributed by atoms with E-state index in [9.17, 15) is 9.90 Å². The maximum absolute atomic E-state index is 11.6. The Balaban J connectivity index is 2.92. The lowest BCUT2D eigenvalue weighted by molar-refractivity contribution is 0.0945. The second-order valence-corrected chi connectivity index (χ2v) is 3.34. The first kappa shape index (κ1) is 11.1. The van der Waals surface area contributed by atoms with E-state index < -0.39 is 11.9 Å². The highest BCUT2D eigenvalue weighted by molar-refractivity contribution is 5.97. The van der Waals surface area contributed by atoms with E-state index >= 15 is 0 Å². The number of amides is 1. The van der Waals surface area contributed by atoms with Crippen LogP contribution in [-0.2, 0) is 0 Å². The van der Waals surface area contributed by atoms with Gasteiger partial charge in [0.1, 0.15) is 11.8 Å². The predicted octanol–water partition coefficient (Wildman–Crippen LogP) is 1.34. The largest absolute Gasteiger partial charge is 0.507 e. The third-order valence-corrected chi connectivity index (χ3v) is 1.94. The second kappa shape index (κ2) is 4.47. The van der Waals surface area contributed by atoms with Gasteiger partial charge < -0.3 is 10.4 Å². The summed E-state index contributed by atoms with van der Waals surface area (Å²) in [4.78, 5) is 11.6. The summed E-state index contributed by atoms with van der Waals surface area (Å²) in [5, 5.41) is 20.4. The van der Waals surface area contributed by atoms with Crippen LogP contribution >= 0.6 is 0 Å². The van der Waals surface area contributed by atoms with Gasteiger partial charge in [0.25, 0.3) is 5.91 Å². The maximum Gasteiger partial charge on any atom is 0.256 e. The van der Waals surface area contributed by atoms with Crippen LogP contribution in [0.2, 0.25) is 0 Å². The van der Waals surface area contributed by atoms with Crippen molar-refractivity contribution >= 4 is 5.91 Å². The zero-order chi connectivity index (χ0) is 11.4. The molecule has 0 bridgehead atoms. The molecule has 4 nitrogen and oxygen atoms in total. The number of aryl methyl sites for hydroxylation is 1. The molecule has 78 valence electrons. The van der Waals surface area contributed by atoms with E-state index in [0.29, 0.717) is 0 Å². The number of nitrogens with zero attached hydrogens (tertiary/aromatic N) is 1. The average Bonchev–Trinajstić information content (AvgIpc) is 2.21. The van der Waals surface area contributed by atoms with E-state index in [2.05, 4.69) is 5.32 Å². The molecule has 1 aromatic rings. The molecule has 1 unspecified atom stereocenters. The number of carbonyl (C=O) groups is 1. The Morgan fingerprint density at radius 2 is 2.27 bits per heavy atom. The van der Waals surface area contributed by atoms with E-state index in [1.54, 1.807) is 19.1 Å². The van der Waals surface area contributed by atoms with Gasteiger partial charge >= 0.3 is 0 Å². The summed E-state index contributed by atoms with van der Waals surface area (Å²) in [6.45, 7) is 3.40. The third kappa shape index (κ3) is 2.71. The smallest absolute Gasteiger partial charge is 0.256 e. The van der Waals surface area contributed by atoms with Crippen molar-refractivity contribution < 1.29 is 9.90 Å². The molecule has 0 heterocycles. The van der Waals surface area contributed by atoms with Crippen molar-refractivity contribution in [3.8, 4) is 11.8 Å². The van der Waals surface area contributed by atoms with Crippen molar-refractivity contribution in [2.75, 3.05) is 0 Å². The summed E-state index contributed by atoms with van der Waals surface area (Å²) in [5.41, 5.74) is 1.07. The number of phenols is 1. The molecule has 0 saturated heterocycles. The number of carbonyl (C=O) groups excluding carboxylic acids is 1. The number of hydrogen-bond donors (Lipinski definition) is 2. The molecule has 0 radical (unpaired) electrons. The van der Waals surface area contributed by atoms with Gasteiger partial charge in [0.2, 0.25) is 0 Å². The molecular formula is C11H12N2O2. The minimum Gasteiger partial charge on any atom is -0.507 e. The van der Waals surface area contributed by atoms with E-state index in [1.165, 1.54) is 6.07 Å². The molecule has 0 aliphatic rings. The highest BCUT2D eigenvalue weighted by Crippen LogP contribution is 2.17. The Hall–Kier alpha value is -2.02. The fourth-order valence-corrected chi connectivity index (χ4v) is 1.14. The van der Waals surface area contributed by atoms with E-state index in [4.69, 9.17) is 5.26 Å². The summed E-state index contributed by atoms with van der Waals surface area (Å²) < 4.78 is 0. The maximum atomic E-state index is 11.6. The molecule has 1 amide bonds. The number of phenolic OH excluding ortho intramolecular Hbond substituents is 1. The number of rotatable bonds is 2. The van der Waals surface area contributed by atoms with Gasteiger partial charge in [-0.15, -0.1) is 0 Å². The molecule has 2 N–H and O–H groups in total. The highest BCUT2D eigenvalue weighted by atomic mass is 16.3. The molecule has 1 aromatic carbocycles. The first-order valence-electron chi connectivity index (χ1n) is 4.54. The fourth-order valence-electron chi connectivity index (χ4n) is 1.14. The van der Waals surface area contributed by atoms with Crippen molar-refractivity contribution in [2.24, 2.45) is 0 Å². The molecular weight excluding hydrogens is 192 g/mol. The predicted molar refractivity (Wildman–Crippen MR) is 55.4 cm³/mol. The molecule has 15 heavy (non-hydrogen) atoms. The summed E-state index contributed by atoms with van der Waals surface area (Å²) >= 11 is 0. The van der Waals surface area contributed by atoms with Crippen molar-refractivity contribution in [1.29, 1.82) is 5.26 Å². The van der Waals surface area contributed by atoms with Crippen LogP contribution in [0.1, 0.15) is 22.8 Å². The van der Waals surface area contributed by atoms with E-state index in [1.807, 2.05) is 13.0 Å². The number of hydrogen-bond acceptors (Lipinski definition) is 3. The Morgan fingerprint density at radius 3 is 2.87 bits per heavy atom. The van der Waals surface area contributed by atoms with Crippen molar-refractivity contribution in [1.82, 2.24) is 5.32 Å². The highest BCUT2D eigenvalue weighted by Gasteiger charge is 2.12. The minimum absolute atomic E-state index is 0.0803. The Morgan fingerprint density at radius 1 is 1.60 bits per heavy atom. The van der Waals surface area contributed by atoms with Gasteiger partial charge in [0.05, 0.1) is 11.6 Å². The van der Waals surface area contributed by atoms with Crippen LogP contribution in [0, 0.1) is 18.3 Å². The van der Waals surface area contributed by atoms with Gasteiger partial charge in [-0.1, -0.05) is 11.6 Å². The van der Waals surface area contributed by atoms with Gasteiger partial charge in [0, 0.05) is 0 Å². The van der Waals surface area contributed by atoms with Crippen molar-refractivity contribution in [2.45, 2.75) is 19.9 Å². The number of benzene rings is 1. The normalized spacial score (nSPS) is 11.5. The molecule has 1 rings (SSSR count). The third-order valence-electron chi connectivity index (χ3n) is 1.94. The van der Waals surface area contributed by atoms with E-state index in [-0.39, 0.29) is 11.3 Å². The standard InChI is InChI=1S/C11H12N2O2/c1-7-3-4-10(14)9(5-7)11(15)13-8(2)6-12/h3-5,8,14H,1-2H3,(H,13,15). The molecule has 1 atom stereocenters. The van der Waals surface area contributed by atoms with Crippen LogP contribution in [0.4, 0.5) is 0 Å². The SMILES string of the molecule is Cc1ccc(O)c(C(=O)NC(C)C#N)c1. The zero-order valence-corrected chi connectivity index (χ0v) is 8.61. The van der Waals surface area contributed by atoms with Gasteiger partial charge in [-0.2, -0.15) is 5.26 Å². The molecule has 0 saturated carbocycles. The van der Waals surface area contributed by atoms with Gasteiger partial charge in [-0.05, 0) is 26.0 Å². The Bertz CT molecular complexity index is 421. The first-order chi connectivity index (χ1) is 7.04.